The fourth-order valence-electron chi connectivity index (χ4n) is 3.38. The molecule has 0 radical (unpaired) electrons. The van der Waals surface area contributed by atoms with Crippen LogP contribution >= 0.6 is 0 Å². The molecule has 0 atom stereocenters. The van der Waals surface area contributed by atoms with Crippen molar-refractivity contribution in [2.24, 2.45) is 4.99 Å². The van der Waals surface area contributed by atoms with Gasteiger partial charge in [-0.1, -0.05) is 75.0 Å². The van der Waals surface area contributed by atoms with E-state index in [1.54, 1.807) is 0 Å². The second kappa shape index (κ2) is 7.35. The van der Waals surface area contributed by atoms with Crippen LogP contribution in [0.25, 0.3) is 21.5 Å². The van der Waals surface area contributed by atoms with E-state index in [0.717, 1.165) is 12.1 Å². The molecule has 0 bridgehead atoms. The Morgan fingerprint density at radius 2 is 1.44 bits per heavy atom. The highest BCUT2D eigenvalue weighted by atomic mass is 15.1. The van der Waals surface area contributed by atoms with Gasteiger partial charge in [0.2, 0.25) is 0 Å². The lowest BCUT2D eigenvalue weighted by atomic mass is 9.92. The first-order valence-corrected chi connectivity index (χ1v) is 8.80. The van der Waals surface area contributed by atoms with Gasteiger partial charge in [-0.15, -0.1) is 0 Å². The van der Waals surface area contributed by atoms with Crippen LogP contribution in [-0.4, -0.2) is 13.3 Å². The van der Waals surface area contributed by atoms with Crippen molar-refractivity contribution in [3.8, 4) is 0 Å². The third kappa shape index (κ3) is 2.96. The highest BCUT2D eigenvalue weighted by Gasteiger charge is 2.17. The van der Waals surface area contributed by atoms with Crippen LogP contribution in [0.1, 0.15) is 19.4 Å². The van der Waals surface area contributed by atoms with Gasteiger partial charge in [-0.2, -0.15) is 0 Å². The highest BCUT2D eigenvalue weighted by Crippen LogP contribution is 2.39. The number of rotatable bonds is 0. The zero-order valence-electron chi connectivity index (χ0n) is 15.2. The van der Waals surface area contributed by atoms with Crippen molar-refractivity contribution in [1.29, 1.82) is 0 Å². The maximum atomic E-state index is 4.32. The fourth-order valence-corrected chi connectivity index (χ4v) is 3.38. The molecule has 3 aromatic rings. The summed E-state index contributed by atoms with van der Waals surface area (Å²) in [5.74, 6) is 0. The maximum Gasteiger partial charge on any atom is 0.0530 e. The molecule has 0 saturated carbocycles. The number of fused-ring (bicyclic) bond motifs is 6. The standard InChI is InChI=1S/C21H18N2.C2H6/c1-15-14-22-13-7-12-20-18-9-4-3-8-16(18)17-10-5-6-11-19(17)21(20)23(15)2;1-2/h3-11,13-14H,1,12H2,2H3;1-2H3/b13-7-,22-14?;. The second-order valence-corrected chi connectivity index (χ2v) is 5.84. The van der Waals surface area contributed by atoms with E-state index >= 15 is 0 Å². The van der Waals surface area contributed by atoms with Gasteiger partial charge in [0.25, 0.3) is 0 Å². The summed E-state index contributed by atoms with van der Waals surface area (Å²) < 4.78 is 0. The quantitative estimate of drug-likeness (QED) is 0.455. The van der Waals surface area contributed by atoms with Crippen molar-refractivity contribution < 1.29 is 0 Å². The van der Waals surface area contributed by atoms with E-state index in [1.807, 2.05) is 26.3 Å². The molecular formula is C23H24N2. The summed E-state index contributed by atoms with van der Waals surface area (Å²) in [5.41, 5.74) is 3.44. The Balaban J connectivity index is 0.000000880. The van der Waals surface area contributed by atoms with Crippen molar-refractivity contribution in [2.75, 3.05) is 11.9 Å². The van der Waals surface area contributed by atoms with Crippen LogP contribution in [0, 0.1) is 0 Å². The first-order valence-electron chi connectivity index (χ1n) is 8.80. The second-order valence-electron chi connectivity index (χ2n) is 5.84. The number of benzene rings is 3. The smallest absolute Gasteiger partial charge is 0.0530 e. The van der Waals surface area contributed by atoms with E-state index in [4.69, 9.17) is 0 Å². The number of aliphatic imine (C=N–C) groups is 1. The van der Waals surface area contributed by atoms with Crippen LogP contribution in [0.3, 0.4) is 0 Å². The topological polar surface area (TPSA) is 15.6 Å². The van der Waals surface area contributed by atoms with Crippen LogP contribution < -0.4 is 4.90 Å². The molecule has 0 N–H and O–H groups in total. The number of allylic oxidation sites excluding steroid dienone is 2. The molecule has 2 heteroatoms. The van der Waals surface area contributed by atoms with Crippen molar-refractivity contribution in [1.82, 2.24) is 0 Å². The predicted octanol–water partition coefficient (Wildman–Crippen LogP) is 6.11. The van der Waals surface area contributed by atoms with E-state index < -0.39 is 0 Å². The maximum absolute atomic E-state index is 4.32. The van der Waals surface area contributed by atoms with Gasteiger partial charge in [0.15, 0.2) is 0 Å². The Bertz CT molecular complexity index is 980. The van der Waals surface area contributed by atoms with E-state index in [-0.39, 0.29) is 0 Å². The molecular weight excluding hydrogens is 304 g/mol. The van der Waals surface area contributed by atoms with Gasteiger partial charge in [-0.25, -0.2) is 0 Å². The molecule has 4 rings (SSSR count). The third-order valence-electron chi connectivity index (χ3n) is 4.51. The van der Waals surface area contributed by atoms with Crippen molar-refractivity contribution in [3.05, 3.63) is 78.6 Å². The molecule has 126 valence electrons. The van der Waals surface area contributed by atoms with Gasteiger partial charge in [0.1, 0.15) is 0 Å². The molecule has 1 aliphatic rings. The Hall–Kier alpha value is -2.87. The van der Waals surface area contributed by atoms with Crippen LogP contribution in [0.5, 0.6) is 0 Å². The number of anilines is 1. The lowest BCUT2D eigenvalue weighted by Crippen LogP contribution is -2.18. The fraction of sp³-hybridized carbons (Fsp3) is 0.174. The van der Waals surface area contributed by atoms with Gasteiger partial charge in [-0.3, -0.25) is 4.99 Å². The molecule has 1 heterocycles. The van der Waals surface area contributed by atoms with Gasteiger partial charge in [0, 0.05) is 24.8 Å². The lowest BCUT2D eigenvalue weighted by molar-refractivity contribution is 1.15. The average Bonchev–Trinajstić information content (AvgIpc) is 2.74. The molecule has 0 amide bonds. The highest BCUT2D eigenvalue weighted by molar-refractivity contribution is 6.16. The first kappa shape index (κ1) is 17.0. The zero-order valence-corrected chi connectivity index (χ0v) is 15.2. The van der Waals surface area contributed by atoms with E-state index in [2.05, 4.69) is 78.1 Å². The lowest BCUT2D eigenvalue weighted by Gasteiger charge is -2.25. The molecule has 2 nitrogen and oxygen atoms in total. The largest absolute Gasteiger partial charge is 0.343 e. The molecule has 0 spiro atoms. The monoisotopic (exact) mass is 328 g/mol. The van der Waals surface area contributed by atoms with Crippen LogP contribution in [0.4, 0.5) is 5.69 Å². The van der Waals surface area contributed by atoms with Crippen molar-refractivity contribution in [3.63, 3.8) is 0 Å². The molecule has 0 unspecified atom stereocenters. The van der Waals surface area contributed by atoms with Crippen LogP contribution in [0.2, 0.25) is 0 Å². The Morgan fingerprint density at radius 1 is 0.880 bits per heavy atom. The van der Waals surface area contributed by atoms with E-state index in [1.165, 1.54) is 32.8 Å². The zero-order chi connectivity index (χ0) is 17.8. The Kier molecular flexibility index (Phi) is 4.99. The molecule has 0 saturated heterocycles. The normalized spacial score (nSPS) is 15.0. The summed E-state index contributed by atoms with van der Waals surface area (Å²) in [5, 5.41) is 5.14. The van der Waals surface area contributed by atoms with Gasteiger partial charge in [0.05, 0.1) is 11.4 Å². The SMILES string of the molecule is C=C1C=N/C=C\Cc2c(c3ccccc3c3ccccc23)N1C.CC. The number of nitrogens with zero attached hydrogens (tertiary/aromatic N) is 2. The third-order valence-corrected chi connectivity index (χ3v) is 4.51. The van der Waals surface area contributed by atoms with Gasteiger partial charge in [-0.05, 0) is 28.1 Å². The molecule has 3 aromatic carbocycles. The summed E-state index contributed by atoms with van der Waals surface area (Å²) in [7, 11) is 2.07. The minimum absolute atomic E-state index is 0.857. The summed E-state index contributed by atoms with van der Waals surface area (Å²) in [6.45, 7) is 8.17. The van der Waals surface area contributed by atoms with E-state index in [9.17, 15) is 0 Å². The van der Waals surface area contributed by atoms with E-state index in [0.29, 0.717) is 0 Å². The van der Waals surface area contributed by atoms with Crippen molar-refractivity contribution >= 4 is 33.4 Å². The first-order chi connectivity index (χ1) is 12.3. The summed E-state index contributed by atoms with van der Waals surface area (Å²) >= 11 is 0. The Morgan fingerprint density at radius 3 is 2.12 bits per heavy atom. The summed E-state index contributed by atoms with van der Waals surface area (Å²) in [6.07, 6.45) is 6.65. The van der Waals surface area contributed by atoms with Gasteiger partial charge < -0.3 is 4.90 Å². The average molecular weight is 328 g/mol. The predicted molar refractivity (Wildman–Crippen MR) is 112 cm³/mol. The molecule has 0 aromatic heterocycles. The number of hydrogen-bond donors (Lipinski definition) is 0. The van der Waals surface area contributed by atoms with Gasteiger partial charge >= 0.3 is 0 Å². The minimum atomic E-state index is 0.857. The number of hydrogen-bond acceptors (Lipinski definition) is 2. The Labute approximate surface area is 149 Å². The summed E-state index contributed by atoms with van der Waals surface area (Å²) in [6, 6.07) is 17.2. The summed E-state index contributed by atoms with van der Waals surface area (Å²) in [4.78, 5) is 6.47. The van der Waals surface area contributed by atoms with Crippen LogP contribution in [0.15, 0.2) is 78.1 Å². The molecule has 1 aliphatic heterocycles. The van der Waals surface area contributed by atoms with Crippen LogP contribution in [-0.2, 0) is 6.42 Å². The minimum Gasteiger partial charge on any atom is -0.343 e. The molecule has 25 heavy (non-hydrogen) atoms. The molecule has 0 fully saturated rings. The molecule has 0 aliphatic carbocycles. The van der Waals surface area contributed by atoms with Crippen molar-refractivity contribution in [2.45, 2.75) is 20.3 Å².